The van der Waals surface area contributed by atoms with E-state index < -0.39 is 0 Å². The first kappa shape index (κ1) is 8.80. The minimum atomic E-state index is 0. The van der Waals surface area contributed by atoms with Gasteiger partial charge in [-0.3, -0.25) is 0 Å². The maximum atomic E-state index is 5.26. The molecule has 0 unspecified atom stereocenters. The number of hydrogen-bond donors (Lipinski definition) is 0. The molecular weight excluding hydrogens is 170 g/mol. The molecule has 0 saturated carbocycles. The second-order valence-electron chi connectivity index (χ2n) is 2.01. The van der Waals surface area contributed by atoms with Gasteiger partial charge in [0.1, 0.15) is 0 Å². The van der Waals surface area contributed by atoms with Gasteiger partial charge in [0.2, 0.25) is 0 Å². The fourth-order valence-corrected chi connectivity index (χ4v) is 1.35. The van der Waals surface area contributed by atoms with Crippen molar-refractivity contribution in [3.8, 4) is 0 Å². The third-order valence-electron chi connectivity index (χ3n) is 1.27. The molecule has 1 aliphatic rings. The van der Waals surface area contributed by atoms with Crippen molar-refractivity contribution < 1.29 is 25.6 Å². The van der Waals surface area contributed by atoms with E-state index >= 15 is 0 Å². The van der Waals surface area contributed by atoms with Crippen LogP contribution in [0, 0.1) is 5.73 Å². The van der Waals surface area contributed by atoms with Crippen LogP contribution < -0.4 is 0 Å². The topological polar surface area (TPSA) is 9.23 Å². The number of hydrogen-bond acceptors (Lipinski definition) is 1. The van der Waals surface area contributed by atoms with Gasteiger partial charge in [0.25, 0.3) is 0 Å². The van der Waals surface area contributed by atoms with Crippen molar-refractivity contribution >= 4 is 10.2 Å². The summed E-state index contributed by atoms with van der Waals surface area (Å²) in [6.45, 7) is 0.985. The molecule has 3 heteroatoms. The van der Waals surface area contributed by atoms with Crippen LogP contribution in [0.4, 0.5) is 0 Å². The van der Waals surface area contributed by atoms with E-state index in [2.05, 4.69) is 0 Å². The van der Waals surface area contributed by atoms with Crippen LogP contribution in [0.25, 0.3) is 0 Å². The van der Waals surface area contributed by atoms with Crippen LogP contribution in [0.15, 0.2) is 0 Å². The molecule has 0 bridgehead atoms. The van der Waals surface area contributed by atoms with Gasteiger partial charge in [-0.2, -0.15) is 6.42 Å². The first-order valence-corrected chi connectivity index (χ1v) is 3.85. The molecule has 0 aromatic rings. The molecule has 0 aromatic heterocycles. The van der Waals surface area contributed by atoms with Gasteiger partial charge < -0.3 is 4.74 Å². The summed E-state index contributed by atoms with van der Waals surface area (Å²) in [5.41, 5.74) is 1.35. The van der Waals surface area contributed by atoms with Crippen LogP contribution in [0.5, 0.6) is 0 Å². The molecule has 8 heavy (non-hydrogen) atoms. The van der Waals surface area contributed by atoms with Crippen molar-refractivity contribution in [2.24, 2.45) is 0 Å². The van der Waals surface area contributed by atoms with E-state index in [1.165, 1.54) is 25.0 Å². The molecular formula is C5H12OSiZn. The van der Waals surface area contributed by atoms with E-state index in [1.807, 2.05) is 0 Å². The maximum Gasteiger partial charge on any atom is 1.00 e. The van der Waals surface area contributed by atoms with Crippen LogP contribution in [0.2, 0.25) is 0 Å². The molecule has 1 fully saturated rings. The van der Waals surface area contributed by atoms with E-state index in [0.29, 0.717) is 0 Å². The SMILES string of the molecule is [H+].[SiH3][C-]1CCCCO1.[Zn]. The first-order chi connectivity index (χ1) is 3.39. The summed E-state index contributed by atoms with van der Waals surface area (Å²) in [7, 11) is 1.15. The average Bonchev–Trinajstić information content (AvgIpc) is 1.69. The normalized spacial score (nSPS) is 22.5. The van der Waals surface area contributed by atoms with E-state index in [0.717, 1.165) is 16.8 Å². The molecule has 0 radical (unpaired) electrons. The Morgan fingerprint density at radius 3 is 2.50 bits per heavy atom. The molecule has 0 atom stereocenters. The zero-order chi connectivity index (χ0) is 5.11. The Morgan fingerprint density at radius 2 is 2.25 bits per heavy atom. The average molecular weight is 182 g/mol. The van der Waals surface area contributed by atoms with Crippen molar-refractivity contribution in [1.29, 1.82) is 0 Å². The van der Waals surface area contributed by atoms with Crippen LogP contribution in [0.3, 0.4) is 0 Å². The quantitative estimate of drug-likeness (QED) is 0.382. The first-order valence-electron chi connectivity index (χ1n) is 2.85. The number of rotatable bonds is 0. The van der Waals surface area contributed by atoms with Crippen molar-refractivity contribution in [3.63, 3.8) is 0 Å². The van der Waals surface area contributed by atoms with E-state index in [1.54, 1.807) is 0 Å². The Kier molecular flexibility index (Phi) is 5.12. The molecule has 1 rings (SSSR count). The third kappa shape index (κ3) is 2.95. The van der Waals surface area contributed by atoms with Gasteiger partial charge in [0, 0.05) is 26.1 Å². The summed E-state index contributed by atoms with van der Waals surface area (Å²) >= 11 is 0. The van der Waals surface area contributed by atoms with Gasteiger partial charge in [0.15, 0.2) is 0 Å². The Morgan fingerprint density at radius 1 is 1.50 bits per heavy atom. The summed E-state index contributed by atoms with van der Waals surface area (Å²) in [5, 5.41) is 0. The fraction of sp³-hybridized carbons (Fsp3) is 0.800. The Balaban J connectivity index is 0. The predicted octanol–water partition coefficient (Wildman–Crippen LogP) is 0.152. The molecule has 1 saturated heterocycles. The fourth-order valence-electron chi connectivity index (χ4n) is 0.795. The second kappa shape index (κ2) is 4.66. The number of ether oxygens (including phenoxy) is 1. The summed E-state index contributed by atoms with van der Waals surface area (Å²) in [4.78, 5) is 0. The van der Waals surface area contributed by atoms with E-state index in [9.17, 15) is 0 Å². The van der Waals surface area contributed by atoms with Crippen LogP contribution in [-0.2, 0) is 24.2 Å². The Labute approximate surface area is 67.8 Å². The third-order valence-corrected chi connectivity index (χ3v) is 2.06. The van der Waals surface area contributed by atoms with Crippen LogP contribution in [-0.4, -0.2) is 16.8 Å². The minimum absolute atomic E-state index is 0. The minimum Gasteiger partial charge on any atom is -0.551 e. The monoisotopic (exact) mass is 180 g/mol. The second-order valence-corrected chi connectivity index (χ2v) is 3.12. The van der Waals surface area contributed by atoms with Crippen LogP contribution in [0.1, 0.15) is 20.7 Å². The van der Waals surface area contributed by atoms with Crippen molar-refractivity contribution in [3.05, 3.63) is 5.73 Å². The molecule has 0 spiro atoms. The predicted molar refractivity (Wildman–Crippen MR) is 34.1 cm³/mol. The molecule has 0 aromatic carbocycles. The smallest absolute Gasteiger partial charge is 0.551 e. The van der Waals surface area contributed by atoms with Gasteiger partial charge in [0.05, 0.1) is 0 Å². The standard InChI is InChI=1S/C5H11OSi.Zn/c7-5-3-1-2-4-6-5;/h1-4H2,7H3;/q-1;/p+1. The Bertz CT molecular complexity index is 58.9. The molecule has 0 N–H and O–H groups in total. The van der Waals surface area contributed by atoms with E-state index in [-0.39, 0.29) is 20.9 Å². The van der Waals surface area contributed by atoms with Gasteiger partial charge in [-0.05, 0) is 6.42 Å². The zero-order valence-electron chi connectivity index (χ0n) is 6.44. The van der Waals surface area contributed by atoms with Crippen molar-refractivity contribution in [1.82, 2.24) is 0 Å². The maximum absolute atomic E-state index is 5.26. The molecule has 0 amide bonds. The van der Waals surface area contributed by atoms with Gasteiger partial charge >= 0.3 is 1.43 Å². The molecule has 1 nitrogen and oxygen atoms in total. The van der Waals surface area contributed by atoms with Gasteiger partial charge in [-0.15, -0.1) is 10.2 Å². The summed E-state index contributed by atoms with van der Waals surface area (Å²) < 4.78 is 5.26. The molecule has 0 aliphatic carbocycles. The summed E-state index contributed by atoms with van der Waals surface area (Å²) in [6, 6.07) is 0. The summed E-state index contributed by atoms with van der Waals surface area (Å²) in [5.74, 6) is 0. The molecule has 44 valence electrons. The van der Waals surface area contributed by atoms with E-state index in [4.69, 9.17) is 4.74 Å². The Hall–Kier alpha value is 0.800. The van der Waals surface area contributed by atoms with Crippen molar-refractivity contribution in [2.75, 3.05) is 6.61 Å². The molecule has 1 aliphatic heterocycles. The van der Waals surface area contributed by atoms with Gasteiger partial charge in [-0.1, -0.05) is 6.42 Å². The van der Waals surface area contributed by atoms with Crippen LogP contribution >= 0.6 is 0 Å². The molecule has 1 heterocycles. The summed E-state index contributed by atoms with van der Waals surface area (Å²) in [6.07, 6.45) is 3.87. The zero-order valence-corrected chi connectivity index (χ0v) is 10.4. The van der Waals surface area contributed by atoms with Gasteiger partial charge in [-0.25, -0.2) is 5.73 Å². The van der Waals surface area contributed by atoms with Crippen molar-refractivity contribution in [2.45, 2.75) is 19.3 Å². The largest absolute Gasteiger partial charge is 1.00 e.